The summed E-state index contributed by atoms with van der Waals surface area (Å²) in [6, 6.07) is 6.05. The normalized spacial score (nSPS) is 13.3. The molecule has 0 spiro atoms. The average molecular weight is 204 g/mol. The van der Waals surface area contributed by atoms with Crippen molar-refractivity contribution in [3.63, 3.8) is 0 Å². The second-order valence-electron chi connectivity index (χ2n) is 4.00. The molecule has 0 aliphatic rings. The summed E-state index contributed by atoms with van der Waals surface area (Å²) in [6.45, 7) is 4.80. The van der Waals surface area contributed by atoms with E-state index in [-0.39, 0.29) is 0 Å². The maximum absolute atomic E-state index is 5.70. The molecule has 1 heterocycles. The quantitative estimate of drug-likeness (QED) is 0.836. The summed E-state index contributed by atoms with van der Waals surface area (Å²) in [6.07, 6.45) is 0.909. The smallest absolute Gasteiger partial charge is 0.198 e. The van der Waals surface area contributed by atoms with E-state index in [2.05, 4.69) is 11.9 Å². The molecule has 80 valence electrons. The zero-order chi connectivity index (χ0) is 10.8. The predicted octanol–water partition coefficient (Wildman–Crippen LogP) is 2.59. The zero-order valence-electron chi connectivity index (χ0n) is 9.16. The van der Waals surface area contributed by atoms with Gasteiger partial charge in [0.15, 0.2) is 11.5 Å². The first-order valence-electron chi connectivity index (χ1n) is 5.28. The predicted molar refractivity (Wildman–Crippen MR) is 60.8 cm³/mol. The molecule has 1 aromatic carbocycles. The third-order valence-corrected chi connectivity index (χ3v) is 2.58. The standard InChI is InChI=1S/C12H16N2O/c1-8-3-4-10-11(7-8)15-12(14-10)9(2)5-6-13/h3-4,7,9H,5-6,13H2,1-2H3. The molecule has 0 fully saturated rings. The Morgan fingerprint density at radius 2 is 2.27 bits per heavy atom. The molecule has 0 bridgehead atoms. The minimum Gasteiger partial charge on any atom is -0.440 e. The van der Waals surface area contributed by atoms with Crippen molar-refractivity contribution < 1.29 is 4.42 Å². The summed E-state index contributed by atoms with van der Waals surface area (Å²) >= 11 is 0. The molecule has 15 heavy (non-hydrogen) atoms. The second kappa shape index (κ2) is 4.03. The molecular formula is C12H16N2O. The lowest BCUT2D eigenvalue weighted by Gasteiger charge is -2.02. The van der Waals surface area contributed by atoms with E-state index in [0.29, 0.717) is 12.5 Å². The molecule has 2 rings (SSSR count). The highest BCUT2D eigenvalue weighted by molar-refractivity contribution is 5.73. The van der Waals surface area contributed by atoms with Crippen molar-refractivity contribution >= 4 is 11.1 Å². The Labute approximate surface area is 89.3 Å². The van der Waals surface area contributed by atoms with Crippen LogP contribution in [-0.2, 0) is 0 Å². The van der Waals surface area contributed by atoms with Crippen molar-refractivity contribution in [3.8, 4) is 0 Å². The minimum absolute atomic E-state index is 0.294. The monoisotopic (exact) mass is 204 g/mol. The van der Waals surface area contributed by atoms with Crippen LogP contribution in [0.4, 0.5) is 0 Å². The van der Waals surface area contributed by atoms with Crippen LogP contribution in [0.3, 0.4) is 0 Å². The highest BCUT2D eigenvalue weighted by Crippen LogP contribution is 2.23. The fourth-order valence-corrected chi connectivity index (χ4v) is 1.63. The zero-order valence-corrected chi connectivity index (χ0v) is 9.16. The molecule has 0 amide bonds. The topological polar surface area (TPSA) is 52.0 Å². The van der Waals surface area contributed by atoms with Crippen LogP contribution in [0.5, 0.6) is 0 Å². The number of benzene rings is 1. The maximum Gasteiger partial charge on any atom is 0.198 e. The minimum atomic E-state index is 0.294. The van der Waals surface area contributed by atoms with Crippen molar-refractivity contribution in [1.29, 1.82) is 0 Å². The highest BCUT2D eigenvalue weighted by atomic mass is 16.3. The van der Waals surface area contributed by atoms with Crippen LogP contribution < -0.4 is 5.73 Å². The number of aryl methyl sites for hydroxylation is 1. The van der Waals surface area contributed by atoms with Crippen LogP contribution in [0.15, 0.2) is 22.6 Å². The lowest BCUT2D eigenvalue weighted by Crippen LogP contribution is -2.04. The summed E-state index contributed by atoms with van der Waals surface area (Å²) in [5, 5.41) is 0. The molecule has 0 aliphatic heterocycles. The number of nitrogens with zero attached hydrogens (tertiary/aromatic N) is 1. The number of fused-ring (bicyclic) bond motifs is 1. The largest absolute Gasteiger partial charge is 0.440 e. The molecule has 3 heteroatoms. The second-order valence-corrected chi connectivity index (χ2v) is 4.00. The van der Waals surface area contributed by atoms with Crippen LogP contribution in [0, 0.1) is 6.92 Å². The molecule has 1 aromatic heterocycles. The van der Waals surface area contributed by atoms with Gasteiger partial charge >= 0.3 is 0 Å². The van der Waals surface area contributed by atoms with Gasteiger partial charge in [0.05, 0.1) is 0 Å². The van der Waals surface area contributed by atoms with E-state index in [9.17, 15) is 0 Å². The Hall–Kier alpha value is -1.35. The Kier molecular flexibility index (Phi) is 2.73. The Morgan fingerprint density at radius 3 is 3.00 bits per heavy atom. The van der Waals surface area contributed by atoms with Gasteiger partial charge in [0.2, 0.25) is 0 Å². The lowest BCUT2D eigenvalue weighted by atomic mass is 10.1. The third-order valence-electron chi connectivity index (χ3n) is 2.58. The molecule has 1 unspecified atom stereocenters. The fraction of sp³-hybridized carbons (Fsp3) is 0.417. The van der Waals surface area contributed by atoms with Gasteiger partial charge in [0.25, 0.3) is 0 Å². The molecule has 0 saturated carbocycles. The lowest BCUT2D eigenvalue weighted by molar-refractivity contribution is 0.473. The van der Waals surface area contributed by atoms with Crippen molar-refractivity contribution in [1.82, 2.24) is 4.98 Å². The van der Waals surface area contributed by atoms with Gasteiger partial charge in [0.1, 0.15) is 5.52 Å². The molecule has 2 N–H and O–H groups in total. The van der Waals surface area contributed by atoms with Gasteiger partial charge in [-0.05, 0) is 37.6 Å². The molecule has 2 aromatic rings. The number of aromatic nitrogens is 1. The van der Waals surface area contributed by atoms with E-state index in [0.717, 1.165) is 23.4 Å². The average Bonchev–Trinajstić information content (AvgIpc) is 2.60. The summed E-state index contributed by atoms with van der Waals surface area (Å²) < 4.78 is 5.70. The summed E-state index contributed by atoms with van der Waals surface area (Å²) in [5.41, 5.74) is 8.51. The van der Waals surface area contributed by atoms with E-state index in [4.69, 9.17) is 10.2 Å². The van der Waals surface area contributed by atoms with E-state index in [1.165, 1.54) is 5.56 Å². The SMILES string of the molecule is Cc1ccc2nc(C(C)CCN)oc2c1. The number of hydrogen-bond donors (Lipinski definition) is 1. The van der Waals surface area contributed by atoms with E-state index >= 15 is 0 Å². The molecule has 0 radical (unpaired) electrons. The first-order valence-corrected chi connectivity index (χ1v) is 5.28. The van der Waals surface area contributed by atoms with Crippen molar-refractivity contribution in [2.75, 3.05) is 6.54 Å². The summed E-state index contributed by atoms with van der Waals surface area (Å²) in [7, 11) is 0. The number of oxazole rings is 1. The summed E-state index contributed by atoms with van der Waals surface area (Å²) in [4.78, 5) is 4.45. The van der Waals surface area contributed by atoms with E-state index in [1.807, 2.05) is 25.1 Å². The number of nitrogens with two attached hydrogens (primary N) is 1. The first-order chi connectivity index (χ1) is 7.20. The van der Waals surface area contributed by atoms with Crippen molar-refractivity contribution in [2.45, 2.75) is 26.2 Å². The molecular weight excluding hydrogens is 188 g/mol. The van der Waals surface area contributed by atoms with Gasteiger partial charge in [-0.2, -0.15) is 0 Å². The summed E-state index contributed by atoms with van der Waals surface area (Å²) in [5.74, 6) is 1.09. The molecule has 1 atom stereocenters. The number of rotatable bonds is 3. The van der Waals surface area contributed by atoms with Gasteiger partial charge < -0.3 is 10.2 Å². The maximum atomic E-state index is 5.70. The van der Waals surface area contributed by atoms with Crippen LogP contribution >= 0.6 is 0 Å². The van der Waals surface area contributed by atoms with E-state index < -0.39 is 0 Å². The number of hydrogen-bond acceptors (Lipinski definition) is 3. The Balaban J connectivity index is 2.38. The first kappa shape index (κ1) is 10.2. The van der Waals surface area contributed by atoms with Crippen molar-refractivity contribution in [3.05, 3.63) is 29.7 Å². The Morgan fingerprint density at radius 1 is 1.47 bits per heavy atom. The van der Waals surface area contributed by atoms with Gasteiger partial charge in [0, 0.05) is 5.92 Å². The van der Waals surface area contributed by atoms with Crippen LogP contribution in [0.2, 0.25) is 0 Å². The molecule has 0 aliphatic carbocycles. The van der Waals surface area contributed by atoms with Crippen LogP contribution in [-0.4, -0.2) is 11.5 Å². The third kappa shape index (κ3) is 2.02. The fourth-order valence-electron chi connectivity index (χ4n) is 1.63. The highest BCUT2D eigenvalue weighted by Gasteiger charge is 2.12. The van der Waals surface area contributed by atoms with Crippen LogP contribution in [0.1, 0.15) is 30.7 Å². The van der Waals surface area contributed by atoms with Gasteiger partial charge in [-0.15, -0.1) is 0 Å². The van der Waals surface area contributed by atoms with Crippen molar-refractivity contribution in [2.24, 2.45) is 5.73 Å². The van der Waals surface area contributed by atoms with Crippen LogP contribution in [0.25, 0.3) is 11.1 Å². The van der Waals surface area contributed by atoms with Gasteiger partial charge in [-0.3, -0.25) is 0 Å². The van der Waals surface area contributed by atoms with E-state index in [1.54, 1.807) is 0 Å². The Bertz CT molecular complexity index is 462. The van der Waals surface area contributed by atoms with Gasteiger partial charge in [-0.1, -0.05) is 13.0 Å². The molecule has 3 nitrogen and oxygen atoms in total. The molecule has 0 saturated heterocycles. The van der Waals surface area contributed by atoms with Gasteiger partial charge in [-0.25, -0.2) is 4.98 Å².